The van der Waals surface area contributed by atoms with E-state index in [0.717, 1.165) is 12.1 Å². The Morgan fingerprint density at radius 1 is 1.25 bits per heavy atom. The average molecular weight is 396 g/mol. The summed E-state index contributed by atoms with van der Waals surface area (Å²) in [7, 11) is 0. The van der Waals surface area contributed by atoms with Gasteiger partial charge in [-0.15, -0.1) is 0 Å². The predicted octanol–water partition coefficient (Wildman–Crippen LogP) is 3.99. The van der Waals surface area contributed by atoms with Crippen molar-refractivity contribution < 1.29 is 19.4 Å². The number of aryl methyl sites for hydroxylation is 1. The van der Waals surface area contributed by atoms with Crippen molar-refractivity contribution >= 4 is 40.6 Å². The molecule has 6 nitrogen and oxygen atoms in total. The van der Waals surface area contributed by atoms with Crippen molar-refractivity contribution in [1.29, 1.82) is 0 Å². The van der Waals surface area contributed by atoms with E-state index >= 15 is 0 Å². The quantitative estimate of drug-likeness (QED) is 0.721. The topological polar surface area (TPSA) is 88.0 Å². The smallest absolute Gasteiger partial charge is 0.344 e. The number of hydrogen-bond acceptors (Lipinski definition) is 5. The maximum Gasteiger partial charge on any atom is 0.344 e. The maximum atomic E-state index is 12.3. The molecule has 1 aliphatic heterocycles. The first kappa shape index (κ1) is 19.7. The van der Waals surface area contributed by atoms with Gasteiger partial charge in [-0.3, -0.25) is 4.79 Å². The standard InChI is InChI=1S/C21H20N2O4S/c1-3-14-8-10-16(11-9-14)22-21-23-19(24)18(28-21)12-15-6-4-5-7-17(15)27-13(2)20(25)26/h4-13H,3H2,1-2H3,(H,25,26)(H,22,23,24)/b18-12+. The minimum absolute atomic E-state index is 0.255. The number of rotatable bonds is 6. The molecule has 0 radical (unpaired) electrons. The van der Waals surface area contributed by atoms with E-state index < -0.39 is 12.1 Å². The SMILES string of the molecule is CCc1ccc(N=C2NC(=O)/C(=C\c3ccccc3OC(C)C(=O)O)S2)cc1. The van der Waals surface area contributed by atoms with Crippen LogP contribution in [0, 0.1) is 0 Å². The molecule has 28 heavy (non-hydrogen) atoms. The van der Waals surface area contributed by atoms with Crippen LogP contribution < -0.4 is 10.1 Å². The molecule has 1 atom stereocenters. The van der Waals surface area contributed by atoms with Gasteiger partial charge in [-0.05, 0) is 54.9 Å². The fourth-order valence-corrected chi connectivity index (χ4v) is 3.33. The highest BCUT2D eigenvalue weighted by molar-refractivity contribution is 8.18. The Bertz CT molecular complexity index is 951. The number of nitrogens with one attached hydrogen (secondary N) is 1. The van der Waals surface area contributed by atoms with E-state index in [0.29, 0.717) is 21.4 Å². The molecular weight excluding hydrogens is 376 g/mol. The van der Waals surface area contributed by atoms with Crippen molar-refractivity contribution in [2.45, 2.75) is 26.4 Å². The second-order valence-corrected chi connectivity index (χ2v) is 7.17. The fourth-order valence-electron chi connectivity index (χ4n) is 2.49. The van der Waals surface area contributed by atoms with E-state index in [2.05, 4.69) is 17.2 Å². The number of hydrogen-bond donors (Lipinski definition) is 2. The molecule has 1 unspecified atom stereocenters. The van der Waals surface area contributed by atoms with Gasteiger partial charge in [0.15, 0.2) is 11.3 Å². The number of benzene rings is 2. The van der Waals surface area contributed by atoms with Crippen LogP contribution in [-0.2, 0) is 16.0 Å². The monoisotopic (exact) mass is 396 g/mol. The molecule has 7 heteroatoms. The van der Waals surface area contributed by atoms with Crippen molar-refractivity contribution in [2.24, 2.45) is 4.99 Å². The molecule has 1 aliphatic rings. The number of carbonyl (C=O) groups is 2. The normalized spacial score (nSPS) is 17.6. The first-order chi connectivity index (χ1) is 13.5. The van der Waals surface area contributed by atoms with Crippen LogP contribution in [0.5, 0.6) is 5.75 Å². The summed E-state index contributed by atoms with van der Waals surface area (Å²) in [6, 6.07) is 14.8. The molecule has 0 bridgehead atoms. The Kier molecular flexibility index (Phi) is 6.16. The third-order valence-electron chi connectivity index (χ3n) is 4.08. The number of carbonyl (C=O) groups excluding carboxylic acids is 1. The molecule has 1 heterocycles. The summed E-state index contributed by atoms with van der Waals surface area (Å²) in [4.78, 5) is 28.3. The summed E-state index contributed by atoms with van der Waals surface area (Å²) in [5.41, 5.74) is 2.61. The van der Waals surface area contributed by atoms with Gasteiger partial charge in [0.1, 0.15) is 5.75 Å². The summed E-state index contributed by atoms with van der Waals surface area (Å²) in [6.45, 7) is 3.54. The van der Waals surface area contributed by atoms with E-state index in [9.17, 15) is 9.59 Å². The number of carboxylic acids is 1. The van der Waals surface area contributed by atoms with Gasteiger partial charge in [0.25, 0.3) is 5.91 Å². The van der Waals surface area contributed by atoms with Gasteiger partial charge >= 0.3 is 5.97 Å². The minimum atomic E-state index is -1.06. The zero-order chi connectivity index (χ0) is 20.1. The fraction of sp³-hybridized carbons (Fsp3) is 0.190. The Morgan fingerprint density at radius 2 is 1.96 bits per heavy atom. The van der Waals surface area contributed by atoms with Gasteiger partial charge in [-0.2, -0.15) is 0 Å². The molecule has 2 aromatic carbocycles. The molecule has 2 aromatic rings. The van der Waals surface area contributed by atoms with Crippen molar-refractivity contribution in [2.75, 3.05) is 0 Å². The highest BCUT2D eigenvalue weighted by Crippen LogP contribution is 2.31. The highest BCUT2D eigenvalue weighted by atomic mass is 32.2. The van der Waals surface area contributed by atoms with Gasteiger partial charge in [0.05, 0.1) is 10.6 Å². The molecule has 3 rings (SSSR count). The molecule has 0 aromatic heterocycles. The highest BCUT2D eigenvalue weighted by Gasteiger charge is 2.24. The lowest BCUT2D eigenvalue weighted by Crippen LogP contribution is -2.23. The molecule has 1 saturated heterocycles. The van der Waals surface area contributed by atoms with E-state index in [1.165, 1.54) is 24.2 Å². The summed E-state index contributed by atoms with van der Waals surface area (Å²) in [5.74, 6) is -0.909. The summed E-state index contributed by atoms with van der Waals surface area (Å²) < 4.78 is 5.48. The maximum absolute atomic E-state index is 12.3. The van der Waals surface area contributed by atoms with Crippen LogP contribution in [0.1, 0.15) is 25.0 Å². The lowest BCUT2D eigenvalue weighted by atomic mass is 10.2. The van der Waals surface area contributed by atoms with Gasteiger partial charge in [0, 0.05) is 5.56 Å². The van der Waals surface area contributed by atoms with Gasteiger partial charge in [-0.1, -0.05) is 37.3 Å². The van der Waals surface area contributed by atoms with Crippen LogP contribution >= 0.6 is 11.8 Å². The van der Waals surface area contributed by atoms with Crippen molar-refractivity contribution in [3.8, 4) is 5.75 Å². The van der Waals surface area contributed by atoms with Gasteiger partial charge in [-0.25, -0.2) is 9.79 Å². The number of carboxylic acid groups (broad SMARTS) is 1. The second kappa shape index (κ2) is 8.75. The Balaban J connectivity index is 1.81. The van der Waals surface area contributed by atoms with E-state index in [1.807, 2.05) is 24.3 Å². The second-order valence-electron chi connectivity index (χ2n) is 6.14. The zero-order valence-corrected chi connectivity index (χ0v) is 16.3. The van der Waals surface area contributed by atoms with Crippen LogP contribution in [-0.4, -0.2) is 28.3 Å². The summed E-state index contributed by atoms with van der Waals surface area (Å²) >= 11 is 1.23. The van der Waals surface area contributed by atoms with Gasteiger partial charge in [0.2, 0.25) is 0 Å². The van der Waals surface area contributed by atoms with Crippen LogP contribution in [0.3, 0.4) is 0 Å². The summed E-state index contributed by atoms with van der Waals surface area (Å²) in [6.07, 6.45) is 1.64. The Labute approximate surface area is 167 Å². The molecule has 1 fully saturated rings. The van der Waals surface area contributed by atoms with Crippen molar-refractivity contribution in [3.63, 3.8) is 0 Å². The first-order valence-corrected chi connectivity index (χ1v) is 9.65. The van der Waals surface area contributed by atoms with E-state index in [1.54, 1.807) is 30.3 Å². The molecule has 0 spiro atoms. The van der Waals surface area contributed by atoms with Crippen LogP contribution in [0.4, 0.5) is 5.69 Å². The molecule has 0 aliphatic carbocycles. The number of aliphatic imine (C=N–C) groups is 1. The number of thioether (sulfide) groups is 1. The van der Waals surface area contributed by atoms with Crippen LogP contribution in [0.2, 0.25) is 0 Å². The van der Waals surface area contributed by atoms with Crippen LogP contribution in [0.25, 0.3) is 6.08 Å². The Morgan fingerprint density at radius 3 is 2.64 bits per heavy atom. The number of ether oxygens (including phenoxy) is 1. The van der Waals surface area contributed by atoms with E-state index in [-0.39, 0.29) is 5.91 Å². The Hall–Kier alpha value is -3.06. The zero-order valence-electron chi connectivity index (χ0n) is 15.5. The number of amides is 1. The number of aliphatic carboxylic acids is 1. The molecule has 0 saturated carbocycles. The van der Waals surface area contributed by atoms with E-state index in [4.69, 9.17) is 9.84 Å². The third kappa shape index (κ3) is 4.80. The van der Waals surface area contributed by atoms with Gasteiger partial charge < -0.3 is 15.2 Å². The predicted molar refractivity (Wildman–Crippen MR) is 111 cm³/mol. The first-order valence-electron chi connectivity index (χ1n) is 8.83. The lowest BCUT2D eigenvalue weighted by molar-refractivity contribution is -0.144. The average Bonchev–Trinajstić information content (AvgIpc) is 3.02. The minimum Gasteiger partial charge on any atom is -0.479 e. The molecular formula is C21H20N2O4S. The number of nitrogens with zero attached hydrogens (tertiary/aromatic N) is 1. The molecule has 2 N–H and O–H groups in total. The number of para-hydroxylation sites is 1. The van der Waals surface area contributed by atoms with Crippen molar-refractivity contribution in [1.82, 2.24) is 5.32 Å². The third-order valence-corrected chi connectivity index (χ3v) is 4.99. The van der Waals surface area contributed by atoms with Crippen molar-refractivity contribution in [3.05, 3.63) is 64.6 Å². The lowest BCUT2D eigenvalue weighted by Gasteiger charge is -2.12. The summed E-state index contributed by atoms with van der Waals surface area (Å²) in [5, 5.41) is 12.3. The molecule has 144 valence electrons. The largest absolute Gasteiger partial charge is 0.479 e. The molecule has 1 amide bonds. The van der Waals surface area contributed by atoms with Crippen LogP contribution in [0.15, 0.2) is 58.4 Å². The number of amidine groups is 1.